The number of pyridine rings is 1. The van der Waals surface area contributed by atoms with Gasteiger partial charge >= 0.3 is 5.97 Å². The zero-order valence-electron chi connectivity index (χ0n) is 18.5. The third-order valence-corrected chi connectivity index (χ3v) is 7.10. The lowest BCUT2D eigenvalue weighted by atomic mass is 9.77. The standard InChI is InChI=1S/C25H22FN5O3/c1-34-25(24(32)33)7-4-14(5-8-25)21-18-6-9-27-22(18)31-23(30-21)19(13-29-31)16-10-15-11-17(26)2-3-20(15)28-12-16/h2-3,6,9-14,27H,4-5,7-8H2,1H3,(H,32,33). The summed E-state index contributed by atoms with van der Waals surface area (Å²) in [6.07, 6.45) is 7.51. The lowest BCUT2D eigenvalue weighted by molar-refractivity contribution is -0.166. The molecule has 2 N–H and O–H groups in total. The van der Waals surface area contributed by atoms with Crippen LogP contribution in [0.4, 0.5) is 4.39 Å². The smallest absolute Gasteiger partial charge is 0.335 e. The summed E-state index contributed by atoms with van der Waals surface area (Å²) in [5, 5.41) is 15.9. The molecule has 4 aromatic heterocycles. The fraction of sp³-hybridized carbons (Fsp3) is 0.280. The van der Waals surface area contributed by atoms with Gasteiger partial charge < -0.3 is 14.8 Å². The van der Waals surface area contributed by atoms with Crippen LogP contribution in [0.2, 0.25) is 0 Å². The minimum absolute atomic E-state index is 0.0949. The first-order valence-corrected chi connectivity index (χ1v) is 11.2. The van der Waals surface area contributed by atoms with Crippen molar-refractivity contribution in [2.24, 2.45) is 0 Å². The number of aromatic nitrogens is 5. The molecule has 0 saturated heterocycles. The Hall–Kier alpha value is -3.85. The van der Waals surface area contributed by atoms with E-state index in [4.69, 9.17) is 9.72 Å². The quantitative estimate of drug-likeness (QED) is 0.404. The van der Waals surface area contributed by atoms with Crippen molar-refractivity contribution in [2.45, 2.75) is 37.2 Å². The Kier molecular flexibility index (Phi) is 4.63. The molecule has 0 atom stereocenters. The monoisotopic (exact) mass is 459 g/mol. The van der Waals surface area contributed by atoms with Crippen molar-refractivity contribution in [1.82, 2.24) is 24.6 Å². The molecule has 6 rings (SSSR count). The number of nitrogens with one attached hydrogen (secondary N) is 1. The van der Waals surface area contributed by atoms with E-state index < -0.39 is 11.6 Å². The zero-order valence-corrected chi connectivity index (χ0v) is 18.5. The third-order valence-electron chi connectivity index (χ3n) is 7.10. The van der Waals surface area contributed by atoms with Gasteiger partial charge in [0, 0.05) is 47.3 Å². The molecule has 1 fully saturated rings. The number of carbonyl (C=O) groups is 1. The first-order valence-electron chi connectivity index (χ1n) is 11.2. The number of fused-ring (bicyclic) bond motifs is 4. The molecule has 9 heteroatoms. The zero-order chi connectivity index (χ0) is 23.4. The number of halogens is 1. The van der Waals surface area contributed by atoms with Crippen molar-refractivity contribution in [3.63, 3.8) is 0 Å². The summed E-state index contributed by atoms with van der Waals surface area (Å²) in [6, 6.07) is 8.39. The molecule has 0 bridgehead atoms. The number of methoxy groups -OCH3 is 1. The summed E-state index contributed by atoms with van der Waals surface area (Å²) < 4.78 is 21.0. The second-order valence-electron chi connectivity index (χ2n) is 8.87. The van der Waals surface area contributed by atoms with Crippen molar-refractivity contribution in [1.29, 1.82) is 0 Å². The normalized spacial score (nSPS) is 20.9. The fourth-order valence-electron chi connectivity index (χ4n) is 5.16. The molecule has 0 radical (unpaired) electrons. The highest BCUT2D eigenvalue weighted by Gasteiger charge is 2.43. The van der Waals surface area contributed by atoms with Gasteiger partial charge in [-0.3, -0.25) is 4.98 Å². The molecular formula is C25H22FN5O3. The Bertz CT molecular complexity index is 1570. The van der Waals surface area contributed by atoms with E-state index in [0.29, 0.717) is 42.2 Å². The maximum absolute atomic E-state index is 13.8. The Morgan fingerprint density at radius 1 is 1.24 bits per heavy atom. The SMILES string of the molecule is COC1(C(=O)O)CCC(c2nc3c(-c4cnc5ccc(F)cc5c4)cnn3c3[nH]ccc23)CC1. The van der Waals surface area contributed by atoms with Crippen molar-refractivity contribution in [3.05, 3.63) is 60.4 Å². The number of aliphatic carboxylic acids is 1. The van der Waals surface area contributed by atoms with Gasteiger partial charge in [0.15, 0.2) is 11.2 Å². The van der Waals surface area contributed by atoms with Gasteiger partial charge in [-0.1, -0.05) is 0 Å². The second kappa shape index (κ2) is 7.59. The maximum atomic E-state index is 13.8. The van der Waals surface area contributed by atoms with E-state index >= 15 is 0 Å². The molecule has 1 saturated carbocycles. The highest BCUT2D eigenvalue weighted by molar-refractivity contribution is 5.89. The van der Waals surface area contributed by atoms with Crippen molar-refractivity contribution in [3.8, 4) is 11.1 Å². The number of rotatable bonds is 4. The average Bonchev–Trinajstić information content (AvgIpc) is 3.50. The van der Waals surface area contributed by atoms with Crippen LogP contribution in [-0.4, -0.2) is 48.4 Å². The number of H-pyrrole nitrogens is 1. The molecule has 0 aliphatic heterocycles. The highest BCUT2D eigenvalue weighted by atomic mass is 19.1. The van der Waals surface area contributed by atoms with E-state index in [2.05, 4.69) is 15.1 Å². The number of benzene rings is 1. The minimum atomic E-state index is -1.13. The van der Waals surface area contributed by atoms with Crippen molar-refractivity contribution in [2.75, 3.05) is 7.11 Å². The van der Waals surface area contributed by atoms with Crippen LogP contribution < -0.4 is 0 Å². The van der Waals surface area contributed by atoms with E-state index in [1.165, 1.54) is 19.2 Å². The summed E-state index contributed by atoms with van der Waals surface area (Å²) in [7, 11) is 1.46. The molecule has 34 heavy (non-hydrogen) atoms. The second-order valence-corrected chi connectivity index (χ2v) is 8.87. The molecule has 1 aromatic carbocycles. The first-order chi connectivity index (χ1) is 16.5. The van der Waals surface area contributed by atoms with Crippen LogP contribution in [-0.2, 0) is 9.53 Å². The molecule has 0 spiro atoms. The molecule has 8 nitrogen and oxygen atoms in total. The molecule has 0 amide bonds. The Labute approximate surface area is 193 Å². The van der Waals surface area contributed by atoms with Crippen LogP contribution in [0.1, 0.15) is 37.3 Å². The lowest BCUT2D eigenvalue weighted by Gasteiger charge is -2.35. The highest BCUT2D eigenvalue weighted by Crippen LogP contribution is 2.42. The van der Waals surface area contributed by atoms with Crippen molar-refractivity contribution >= 4 is 33.6 Å². The van der Waals surface area contributed by atoms with Gasteiger partial charge in [0.2, 0.25) is 0 Å². The largest absolute Gasteiger partial charge is 0.479 e. The molecule has 172 valence electrons. The molecule has 5 aromatic rings. The summed E-state index contributed by atoms with van der Waals surface area (Å²) >= 11 is 0. The fourth-order valence-corrected chi connectivity index (χ4v) is 5.16. The van der Waals surface area contributed by atoms with Gasteiger partial charge in [-0.2, -0.15) is 9.61 Å². The van der Waals surface area contributed by atoms with E-state index in [1.807, 2.05) is 18.3 Å². The molecular weight excluding hydrogens is 437 g/mol. The van der Waals surface area contributed by atoms with Gasteiger partial charge in [-0.15, -0.1) is 0 Å². The van der Waals surface area contributed by atoms with Crippen LogP contribution in [0, 0.1) is 5.82 Å². The van der Waals surface area contributed by atoms with E-state index in [9.17, 15) is 14.3 Å². The minimum Gasteiger partial charge on any atom is -0.479 e. The van der Waals surface area contributed by atoms with Crippen LogP contribution in [0.25, 0.3) is 38.7 Å². The van der Waals surface area contributed by atoms with Crippen molar-refractivity contribution < 1.29 is 19.0 Å². The molecule has 0 unspecified atom stereocenters. The summed E-state index contributed by atoms with van der Waals surface area (Å²) in [5.74, 6) is -1.13. The van der Waals surface area contributed by atoms with Crippen LogP contribution in [0.15, 0.2) is 48.9 Å². The third kappa shape index (κ3) is 3.07. The number of carboxylic acids is 1. The van der Waals surface area contributed by atoms with Gasteiger partial charge in [0.05, 0.1) is 17.4 Å². The van der Waals surface area contributed by atoms with E-state index in [0.717, 1.165) is 27.9 Å². The van der Waals surface area contributed by atoms with Gasteiger partial charge in [-0.25, -0.2) is 14.2 Å². The predicted molar refractivity (Wildman–Crippen MR) is 124 cm³/mol. The van der Waals surface area contributed by atoms with Gasteiger partial charge in [0.25, 0.3) is 0 Å². The number of nitrogens with zero attached hydrogens (tertiary/aromatic N) is 4. The molecule has 4 heterocycles. The number of hydrogen-bond donors (Lipinski definition) is 2. The number of hydrogen-bond acceptors (Lipinski definition) is 5. The maximum Gasteiger partial charge on any atom is 0.335 e. The lowest BCUT2D eigenvalue weighted by Crippen LogP contribution is -2.43. The van der Waals surface area contributed by atoms with E-state index in [1.54, 1.807) is 23.0 Å². The van der Waals surface area contributed by atoms with Crippen LogP contribution in [0.5, 0.6) is 0 Å². The Balaban J connectivity index is 1.46. The first kappa shape index (κ1) is 20.7. The Morgan fingerprint density at radius 2 is 2.06 bits per heavy atom. The number of carboxylic acid groups (broad SMARTS) is 1. The topological polar surface area (TPSA) is 105 Å². The number of ether oxygens (including phenoxy) is 1. The van der Waals surface area contributed by atoms with Gasteiger partial charge in [0.1, 0.15) is 11.5 Å². The predicted octanol–water partition coefficient (Wildman–Crippen LogP) is 4.69. The average molecular weight is 459 g/mol. The molecule has 1 aliphatic carbocycles. The Morgan fingerprint density at radius 3 is 2.82 bits per heavy atom. The summed E-state index contributed by atoms with van der Waals surface area (Å²) in [6.45, 7) is 0. The number of aromatic amines is 1. The summed E-state index contributed by atoms with van der Waals surface area (Å²) in [4.78, 5) is 24.6. The van der Waals surface area contributed by atoms with E-state index in [-0.39, 0.29) is 11.7 Å². The van der Waals surface area contributed by atoms with Gasteiger partial charge in [-0.05, 0) is 56.0 Å². The van der Waals surface area contributed by atoms with Crippen LogP contribution in [0.3, 0.4) is 0 Å². The molecule has 1 aliphatic rings. The summed E-state index contributed by atoms with van der Waals surface area (Å²) in [5.41, 5.74) is 3.59. The van der Waals surface area contributed by atoms with Crippen LogP contribution >= 0.6 is 0 Å².